The third-order valence-corrected chi connectivity index (χ3v) is 3.29. The second-order valence-electron chi connectivity index (χ2n) is 2.62. The first-order chi connectivity index (χ1) is 6.86. The standard InChI is InChI=1S/C9H9N3S2/c1-7(8-3-2-5-13-8)11-12-9-10-4-6-14-9/h2-6H,1H3,(H,10,12)/b11-7+. The van der Waals surface area contributed by atoms with Gasteiger partial charge in [0.15, 0.2) is 0 Å². The molecule has 0 amide bonds. The highest BCUT2D eigenvalue weighted by Gasteiger charge is 1.97. The lowest BCUT2D eigenvalue weighted by atomic mass is 10.3. The smallest absolute Gasteiger partial charge is 0.203 e. The number of nitrogens with one attached hydrogen (secondary N) is 1. The Kier molecular flexibility index (Phi) is 2.90. The molecule has 3 nitrogen and oxygen atoms in total. The SMILES string of the molecule is C/C(=N\Nc1nccs1)c1cccs1. The fourth-order valence-corrected chi connectivity index (χ4v) is 2.10. The molecule has 0 fully saturated rings. The van der Waals surface area contributed by atoms with E-state index in [-0.39, 0.29) is 0 Å². The van der Waals surface area contributed by atoms with Crippen molar-refractivity contribution in [1.29, 1.82) is 0 Å². The summed E-state index contributed by atoms with van der Waals surface area (Å²) in [6, 6.07) is 4.06. The lowest BCUT2D eigenvalue weighted by Crippen LogP contribution is -1.96. The quantitative estimate of drug-likeness (QED) is 0.641. The van der Waals surface area contributed by atoms with Gasteiger partial charge in [-0.3, -0.25) is 5.43 Å². The molecule has 0 spiro atoms. The van der Waals surface area contributed by atoms with Gasteiger partial charge in [-0.1, -0.05) is 6.07 Å². The van der Waals surface area contributed by atoms with Crippen LogP contribution in [-0.2, 0) is 0 Å². The first kappa shape index (κ1) is 9.36. The molecule has 0 radical (unpaired) electrons. The summed E-state index contributed by atoms with van der Waals surface area (Å²) in [5.41, 5.74) is 3.90. The van der Waals surface area contributed by atoms with Crippen molar-refractivity contribution in [2.45, 2.75) is 6.92 Å². The van der Waals surface area contributed by atoms with Gasteiger partial charge < -0.3 is 0 Å². The van der Waals surface area contributed by atoms with Gasteiger partial charge in [-0.15, -0.1) is 22.7 Å². The molecule has 0 aliphatic carbocycles. The molecule has 1 N–H and O–H groups in total. The molecule has 0 atom stereocenters. The fourth-order valence-electron chi connectivity index (χ4n) is 0.950. The highest BCUT2D eigenvalue weighted by molar-refractivity contribution is 7.13. The second-order valence-corrected chi connectivity index (χ2v) is 4.47. The largest absolute Gasteiger partial charge is 0.252 e. The minimum absolute atomic E-state index is 0.820. The van der Waals surface area contributed by atoms with E-state index in [4.69, 9.17) is 0 Å². The van der Waals surface area contributed by atoms with Crippen LogP contribution in [0.25, 0.3) is 0 Å². The van der Waals surface area contributed by atoms with Crippen LogP contribution in [0.5, 0.6) is 0 Å². The molecule has 0 aliphatic heterocycles. The molecule has 72 valence electrons. The average molecular weight is 223 g/mol. The Labute approximate surface area is 90.1 Å². The number of thiazole rings is 1. The lowest BCUT2D eigenvalue weighted by Gasteiger charge is -1.96. The van der Waals surface area contributed by atoms with Crippen LogP contribution < -0.4 is 5.43 Å². The van der Waals surface area contributed by atoms with Crippen molar-refractivity contribution in [3.8, 4) is 0 Å². The molecule has 0 bridgehead atoms. The third kappa shape index (κ3) is 2.18. The molecule has 5 heteroatoms. The third-order valence-electron chi connectivity index (χ3n) is 1.63. The van der Waals surface area contributed by atoms with E-state index in [9.17, 15) is 0 Å². The van der Waals surface area contributed by atoms with Crippen molar-refractivity contribution >= 4 is 33.5 Å². The van der Waals surface area contributed by atoms with Crippen LogP contribution in [0.2, 0.25) is 0 Å². The van der Waals surface area contributed by atoms with Crippen molar-refractivity contribution in [3.05, 3.63) is 34.0 Å². The van der Waals surface area contributed by atoms with Gasteiger partial charge in [-0.25, -0.2) is 4.98 Å². The zero-order valence-electron chi connectivity index (χ0n) is 7.60. The Morgan fingerprint density at radius 2 is 2.36 bits per heavy atom. The van der Waals surface area contributed by atoms with Crippen LogP contribution in [0.15, 0.2) is 34.2 Å². The number of hydrazone groups is 1. The minimum Gasteiger partial charge on any atom is -0.252 e. The number of hydrogen-bond acceptors (Lipinski definition) is 5. The predicted molar refractivity (Wildman–Crippen MR) is 62.3 cm³/mol. The van der Waals surface area contributed by atoms with Crippen LogP contribution in [0, 0.1) is 0 Å². The highest BCUT2D eigenvalue weighted by Crippen LogP contribution is 2.12. The normalized spacial score (nSPS) is 11.6. The van der Waals surface area contributed by atoms with Crippen molar-refractivity contribution in [2.24, 2.45) is 5.10 Å². The maximum Gasteiger partial charge on any atom is 0.203 e. The summed E-state index contributed by atoms with van der Waals surface area (Å²) in [7, 11) is 0. The van der Waals surface area contributed by atoms with E-state index in [1.165, 1.54) is 16.2 Å². The Morgan fingerprint density at radius 3 is 3.00 bits per heavy atom. The van der Waals surface area contributed by atoms with E-state index in [1.54, 1.807) is 17.5 Å². The van der Waals surface area contributed by atoms with Crippen LogP contribution >= 0.6 is 22.7 Å². The second kappa shape index (κ2) is 4.34. The molecule has 2 heterocycles. The van der Waals surface area contributed by atoms with Crippen LogP contribution in [0.3, 0.4) is 0 Å². The number of rotatable bonds is 3. The van der Waals surface area contributed by atoms with Crippen molar-refractivity contribution in [2.75, 3.05) is 5.43 Å². The van der Waals surface area contributed by atoms with Gasteiger partial charge in [-0.2, -0.15) is 5.10 Å². The summed E-state index contributed by atoms with van der Waals surface area (Å²) >= 11 is 3.22. The zero-order chi connectivity index (χ0) is 9.80. The van der Waals surface area contributed by atoms with Gasteiger partial charge in [0.05, 0.1) is 5.71 Å². The average Bonchev–Trinajstić information content (AvgIpc) is 2.87. The number of nitrogens with zero attached hydrogens (tertiary/aromatic N) is 2. The fraction of sp³-hybridized carbons (Fsp3) is 0.111. The van der Waals surface area contributed by atoms with Gasteiger partial charge in [0.25, 0.3) is 0 Å². The minimum atomic E-state index is 0.820. The molecule has 0 saturated carbocycles. The van der Waals surface area contributed by atoms with Gasteiger partial charge in [0, 0.05) is 16.5 Å². The molecular formula is C9H9N3S2. The topological polar surface area (TPSA) is 37.3 Å². The van der Waals surface area contributed by atoms with Crippen molar-refractivity contribution in [3.63, 3.8) is 0 Å². The number of thiophene rings is 1. The van der Waals surface area contributed by atoms with Crippen LogP contribution in [0.4, 0.5) is 5.13 Å². The lowest BCUT2D eigenvalue weighted by molar-refractivity contribution is 1.27. The van der Waals surface area contributed by atoms with E-state index < -0.39 is 0 Å². The summed E-state index contributed by atoms with van der Waals surface area (Å²) in [4.78, 5) is 5.25. The van der Waals surface area contributed by atoms with Crippen molar-refractivity contribution in [1.82, 2.24) is 4.98 Å². The number of aromatic nitrogens is 1. The van der Waals surface area contributed by atoms with E-state index in [2.05, 4.69) is 15.5 Å². The summed E-state index contributed by atoms with van der Waals surface area (Å²) in [5, 5.41) is 9.01. The van der Waals surface area contributed by atoms with E-state index in [0.717, 1.165) is 10.8 Å². The molecule has 2 aromatic rings. The van der Waals surface area contributed by atoms with E-state index in [0.29, 0.717) is 0 Å². The molecule has 0 aromatic carbocycles. The molecule has 14 heavy (non-hydrogen) atoms. The number of anilines is 1. The Balaban J connectivity index is 2.05. The van der Waals surface area contributed by atoms with Gasteiger partial charge >= 0.3 is 0 Å². The maximum atomic E-state index is 4.23. The maximum absolute atomic E-state index is 4.23. The predicted octanol–water partition coefficient (Wildman–Crippen LogP) is 3.04. The summed E-state index contributed by atoms with van der Waals surface area (Å²) < 4.78 is 0. The molecule has 0 saturated heterocycles. The van der Waals surface area contributed by atoms with E-state index in [1.807, 2.05) is 29.8 Å². The summed E-state index contributed by atoms with van der Waals surface area (Å²) in [6.07, 6.45) is 1.75. The molecular weight excluding hydrogens is 214 g/mol. The van der Waals surface area contributed by atoms with Crippen molar-refractivity contribution < 1.29 is 0 Å². The monoisotopic (exact) mass is 223 g/mol. The van der Waals surface area contributed by atoms with Crippen LogP contribution in [0.1, 0.15) is 11.8 Å². The van der Waals surface area contributed by atoms with Crippen LogP contribution in [-0.4, -0.2) is 10.7 Å². The summed E-state index contributed by atoms with van der Waals surface area (Å²) in [5.74, 6) is 0. The highest BCUT2D eigenvalue weighted by atomic mass is 32.1. The summed E-state index contributed by atoms with van der Waals surface area (Å²) in [6.45, 7) is 1.98. The molecule has 0 unspecified atom stereocenters. The van der Waals surface area contributed by atoms with E-state index >= 15 is 0 Å². The molecule has 2 rings (SSSR count). The molecule has 2 aromatic heterocycles. The Bertz CT molecular complexity index is 403. The molecule has 0 aliphatic rings. The first-order valence-electron chi connectivity index (χ1n) is 4.10. The van der Waals surface area contributed by atoms with Gasteiger partial charge in [0.1, 0.15) is 0 Å². The van der Waals surface area contributed by atoms with Gasteiger partial charge in [-0.05, 0) is 18.4 Å². The number of hydrogen-bond donors (Lipinski definition) is 1. The van der Waals surface area contributed by atoms with Gasteiger partial charge in [0.2, 0.25) is 5.13 Å². The Hall–Kier alpha value is -1.20. The Morgan fingerprint density at radius 1 is 1.43 bits per heavy atom. The first-order valence-corrected chi connectivity index (χ1v) is 5.86. The zero-order valence-corrected chi connectivity index (χ0v) is 9.23.